The summed E-state index contributed by atoms with van der Waals surface area (Å²) in [5, 5.41) is 3.25. The number of halogens is 1. The van der Waals surface area contributed by atoms with Gasteiger partial charge in [0.05, 0.1) is 12.8 Å². The minimum absolute atomic E-state index is 0.000812. The Hall–Kier alpha value is -1.81. The van der Waals surface area contributed by atoms with Gasteiger partial charge in [-0.15, -0.1) is 0 Å². The van der Waals surface area contributed by atoms with E-state index >= 15 is 0 Å². The second-order valence-corrected chi connectivity index (χ2v) is 4.55. The Morgan fingerprint density at radius 2 is 2.21 bits per heavy atom. The van der Waals surface area contributed by atoms with Gasteiger partial charge in [0.15, 0.2) is 0 Å². The third kappa shape index (κ3) is 4.10. The molecule has 102 valence electrons. The average Bonchev–Trinajstić information content (AvgIpc) is 2.86. The van der Waals surface area contributed by atoms with Crippen LogP contribution in [-0.4, -0.2) is 12.6 Å². The van der Waals surface area contributed by atoms with E-state index in [9.17, 15) is 4.39 Å². The predicted molar refractivity (Wildman–Crippen MR) is 71.6 cm³/mol. The number of nitrogens with one attached hydrogen (secondary N) is 1. The summed E-state index contributed by atoms with van der Waals surface area (Å²) in [5.74, 6) is 1.37. The summed E-state index contributed by atoms with van der Waals surface area (Å²) in [7, 11) is 0. The molecule has 0 aliphatic rings. The van der Waals surface area contributed by atoms with E-state index < -0.39 is 0 Å². The summed E-state index contributed by atoms with van der Waals surface area (Å²) in [6.07, 6.45) is 1.65. The molecule has 1 N–H and O–H groups in total. The van der Waals surface area contributed by atoms with Crippen LogP contribution in [0.1, 0.15) is 18.2 Å². The first kappa shape index (κ1) is 13.6. The van der Waals surface area contributed by atoms with Crippen LogP contribution in [0, 0.1) is 12.7 Å². The van der Waals surface area contributed by atoms with Crippen molar-refractivity contribution in [3.05, 3.63) is 53.7 Å². The number of benzene rings is 1. The molecule has 1 unspecified atom stereocenters. The van der Waals surface area contributed by atoms with E-state index in [1.807, 2.05) is 26.0 Å². The van der Waals surface area contributed by atoms with Gasteiger partial charge < -0.3 is 14.5 Å². The lowest BCUT2D eigenvalue weighted by atomic mass is 10.2. The highest BCUT2D eigenvalue weighted by atomic mass is 19.1. The molecule has 2 aromatic rings. The Morgan fingerprint density at radius 1 is 1.37 bits per heavy atom. The molecular formula is C15H18FNO2. The zero-order valence-electron chi connectivity index (χ0n) is 11.2. The van der Waals surface area contributed by atoms with Gasteiger partial charge in [-0.1, -0.05) is 0 Å². The van der Waals surface area contributed by atoms with E-state index in [-0.39, 0.29) is 11.9 Å². The first-order chi connectivity index (χ1) is 9.15. The van der Waals surface area contributed by atoms with Crippen molar-refractivity contribution >= 4 is 0 Å². The van der Waals surface area contributed by atoms with Crippen LogP contribution in [0.15, 0.2) is 41.0 Å². The highest BCUT2D eigenvalue weighted by molar-refractivity contribution is 5.32. The second kappa shape index (κ2) is 6.38. The second-order valence-electron chi connectivity index (χ2n) is 4.55. The molecule has 0 amide bonds. The molecule has 0 fully saturated rings. The quantitative estimate of drug-likeness (QED) is 0.868. The Bertz CT molecular complexity index is 511. The Balaban J connectivity index is 1.79. The summed E-state index contributed by atoms with van der Waals surface area (Å²) in [5.41, 5.74) is 0.804. The van der Waals surface area contributed by atoms with Crippen LogP contribution in [0.3, 0.4) is 0 Å². The molecule has 0 aliphatic heterocycles. The summed E-state index contributed by atoms with van der Waals surface area (Å²) in [6, 6.07) is 8.32. The van der Waals surface area contributed by atoms with Crippen molar-refractivity contribution in [3.8, 4) is 5.75 Å². The summed E-state index contributed by atoms with van der Waals surface area (Å²) >= 11 is 0. The average molecular weight is 263 g/mol. The monoisotopic (exact) mass is 263 g/mol. The molecule has 0 spiro atoms. The van der Waals surface area contributed by atoms with Gasteiger partial charge in [-0.2, -0.15) is 0 Å². The standard InChI is InChI=1S/C15H18FNO2/c1-11-8-13(16)5-6-15(11)19-12(2)9-17-10-14-4-3-7-18-14/h3-8,12,17H,9-10H2,1-2H3. The summed E-state index contributed by atoms with van der Waals surface area (Å²) in [6.45, 7) is 5.17. The van der Waals surface area contributed by atoms with Crippen molar-refractivity contribution in [1.29, 1.82) is 0 Å². The molecule has 1 heterocycles. The highest BCUT2D eigenvalue weighted by Crippen LogP contribution is 2.19. The number of furan rings is 1. The summed E-state index contributed by atoms with van der Waals surface area (Å²) in [4.78, 5) is 0. The molecule has 0 saturated heterocycles. The van der Waals surface area contributed by atoms with E-state index in [4.69, 9.17) is 9.15 Å². The maximum absolute atomic E-state index is 13.0. The molecule has 19 heavy (non-hydrogen) atoms. The highest BCUT2D eigenvalue weighted by Gasteiger charge is 2.07. The fourth-order valence-corrected chi connectivity index (χ4v) is 1.82. The molecule has 1 atom stereocenters. The maximum Gasteiger partial charge on any atom is 0.123 e. The number of aryl methyl sites for hydroxylation is 1. The van der Waals surface area contributed by atoms with Gasteiger partial charge in [0.2, 0.25) is 0 Å². The van der Waals surface area contributed by atoms with Gasteiger partial charge in [0.1, 0.15) is 23.4 Å². The van der Waals surface area contributed by atoms with Crippen LogP contribution in [0.4, 0.5) is 4.39 Å². The van der Waals surface area contributed by atoms with Crippen LogP contribution < -0.4 is 10.1 Å². The van der Waals surface area contributed by atoms with E-state index in [1.54, 1.807) is 12.3 Å². The maximum atomic E-state index is 13.0. The number of rotatable bonds is 6. The van der Waals surface area contributed by atoms with E-state index in [1.165, 1.54) is 12.1 Å². The molecule has 4 heteroatoms. The van der Waals surface area contributed by atoms with Crippen molar-refractivity contribution in [2.75, 3.05) is 6.54 Å². The van der Waals surface area contributed by atoms with Gasteiger partial charge in [0, 0.05) is 6.54 Å². The van der Waals surface area contributed by atoms with Crippen molar-refractivity contribution in [1.82, 2.24) is 5.32 Å². The fourth-order valence-electron chi connectivity index (χ4n) is 1.82. The molecule has 3 nitrogen and oxygen atoms in total. The smallest absolute Gasteiger partial charge is 0.123 e. The minimum atomic E-state index is -0.242. The van der Waals surface area contributed by atoms with Gasteiger partial charge in [0.25, 0.3) is 0 Å². The Kier molecular flexibility index (Phi) is 4.58. The van der Waals surface area contributed by atoms with Crippen molar-refractivity contribution < 1.29 is 13.5 Å². The van der Waals surface area contributed by atoms with Crippen molar-refractivity contribution in [2.24, 2.45) is 0 Å². The van der Waals surface area contributed by atoms with Crippen molar-refractivity contribution in [2.45, 2.75) is 26.5 Å². The zero-order valence-corrected chi connectivity index (χ0v) is 11.2. The SMILES string of the molecule is Cc1cc(F)ccc1OC(C)CNCc1ccco1. The van der Waals surface area contributed by atoms with Gasteiger partial charge in [-0.3, -0.25) is 0 Å². The van der Waals surface area contributed by atoms with Gasteiger partial charge in [-0.25, -0.2) is 4.39 Å². The lowest BCUT2D eigenvalue weighted by molar-refractivity contribution is 0.214. The van der Waals surface area contributed by atoms with Crippen LogP contribution in [0.5, 0.6) is 5.75 Å². The third-order valence-corrected chi connectivity index (χ3v) is 2.78. The van der Waals surface area contributed by atoms with E-state index in [0.717, 1.165) is 11.3 Å². The first-order valence-electron chi connectivity index (χ1n) is 6.31. The lowest BCUT2D eigenvalue weighted by Crippen LogP contribution is -2.28. The Morgan fingerprint density at radius 3 is 2.89 bits per heavy atom. The molecular weight excluding hydrogens is 245 g/mol. The Labute approximate surface area is 112 Å². The van der Waals surface area contributed by atoms with Gasteiger partial charge in [-0.05, 0) is 49.7 Å². The minimum Gasteiger partial charge on any atom is -0.489 e. The van der Waals surface area contributed by atoms with Crippen LogP contribution in [0.25, 0.3) is 0 Å². The third-order valence-electron chi connectivity index (χ3n) is 2.78. The fraction of sp³-hybridized carbons (Fsp3) is 0.333. The van der Waals surface area contributed by atoms with E-state index in [2.05, 4.69) is 5.32 Å². The molecule has 1 aromatic heterocycles. The molecule has 1 aromatic carbocycles. The lowest BCUT2D eigenvalue weighted by Gasteiger charge is -2.16. The molecule has 0 radical (unpaired) electrons. The largest absolute Gasteiger partial charge is 0.489 e. The number of ether oxygens (including phenoxy) is 1. The molecule has 0 aliphatic carbocycles. The zero-order chi connectivity index (χ0) is 13.7. The number of hydrogen-bond acceptors (Lipinski definition) is 3. The topological polar surface area (TPSA) is 34.4 Å². The number of hydrogen-bond donors (Lipinski definition) is 1. The normalized spacial score (nSPS) is 12.4. The van der Waals surface area contributed by atoms with Crippen LogP contribution in [0.2, 0.25) is 0 Å². The predicted octanol–water partition coefficient (Wildman–Crippen LogP) is 3.28. The molecule has 2 rings (SSSR count). The van der Waals surface area contributed by atoms with Crippen LogP contribution >= 0.6 is 0 Å². The molecule has 0 bridgehead atoms. The summed E-state index contributed by atoms with van der Waals surface area (Å²) < 4.78 is 23.9. The van der Waals surface area contributed by atoms with Gasteiger partial charge >= 0.3 is 0 Å². The first-order valence-corrected chi connectivity index (χ1v) is 6.31. The van der Waals surface area contributed by atoms with E-state index in [0.29, 0.717) is 18.8 Å². The molecule has 0 saturated carbocycles. The van der Waals surface area contributed by atoms with Crippen molar-refractivity contribution in [3.63, 3.8) is 0 Å². The van der Waals surface area contributed by atoms with Crippen LogP contribution in [-0.2, 0) is 6.54 Å².